The van der Waals surface area contributed by atoms with Crippen LogP contribution in [0.3, 0.4) is 0 Å². The summed E-state index contributed by atoms with van der Waals surface area (Å²) in [6.07, 6.45) is 1.19. The first-order chi connectivity index (χ1) is 10.2. The minimum Gasteiger partial charge on any atom is -0.496 e. The average Bonchev–Trinajstić information content (AvgIpc) is 3.06. The maximum atomic E-state index is 5.54. The molecule has 0 spiro atoms. The molecule has 1 saturated heterocycles. The van der Waals surface area contributed by atoms with Gasteiger partial charge in [0.2, 0.25) is 0 Å². The van der Waals surface area contributed by atoms with Crippen molar-refractivity contribution >= 4 is 0 Å². The predicted molar refractivity (Wildman–Crippen MR) is 83.5 cm³/mol. The number of nitrogens with one attached hydrogen (secondary N) is 1. The fourth-order valence-corrected chi connectivity index (χ4v) is 2.89. The van der Waals surface area contributed by atoms with Gasteiger partial charge in [-0.1, -0.05) is 6.92 Å². The molecule has 5 heteroatoms. The van der Waals surface area contributed by atoms with Crippen molar-refractivity contribution in [2.45, 2.75) is 25.9 Å². The Morgan fingerprint density at radius 2 is 1.81 bits per heavy atom. The van der Waals surface area contributed by atoms with Gasteiger partial charge in [-0.2, -0.15) is 0 Å². The van der Waals surface area contributed by atoms with Gasteiger partial charge in [0.1, 0.15) is 17.2 Å². The standard InChI is InChI=1S/C16H26N2O3/c1-5-18(12-6-7-17-10-12)11-14-15(20-3)8-13(19-2)9-16(14)21-4/h8-9,12,17H,5-7,10-11H2,1-4H3. The van der Waals surface area contributed by atoms with Gasteiger partial charge in [0.05, 0.1) is 26.9 Å². The van der Waals surface area contributed by atoms with Crippen LogP contribution >= 0.6 is 0 Å². The summed E-state index contributed by atoms with van der Waals surface area (Å²) in [4.78, 5) is 2.47. The third-order valence-electron chi connectivity index (χ3n) is 4.14. The van der Waals surface area contributed by atoms with E-state index in [9.17, 15) is 0 Å². The van der Waals surface area contributed by atoms with Crippen LogP contribution in [0.2, 0.25) is 0 Å². The van der Waals surface area contributed by atoms with E-state index in [-0.39, 0.29) is 0 Å². The lowest BCUT2D eigenvalue weighted by Gasteiger charge is -2.28. The van der Waals surface area contributed by atoms with Crippen LogP contribution in [0.4, 0.5) is 0 Å². The molecule has 1 aliphatic heterocycles. The third-order valence-corrected chi connectivity index (χ3v) is 4.14. The van der Waals surface area contributed by atoms with Crippen LogP contribution < -0.4 is 19.5 Å². The molecule has 0 radical (unpaired) electrons. The first-order valence-electron chi connectivity index (χ1n) is 7.47. The van der Waals surface area contributed by atoms with Gasteiger partial charge in [-0.25, -0.2) is 0 Å². The number of methoxy groups -OCH3 is 3. The molecule has 1 unspecified atom stereocenters. The lowest BCUT2D eigenvalue weighted by atomic mass is 10.1. The molecule has 1 aliphatic rings. The topological polar surface area (TPSA) is 43.0 Å². The second-order valence-corrected chi connectivity index (χ2v) is 5.22. The molecule has 1 aromatic rings. The van der Waals surface area contributed by atoms with Crippen LogP contribution in [-0.4, -0.2) is 51.9 Å². The van der Waals surface area contributed by atoms with E-state index in [1.165, 1.54) is 6.42 Å². The van der Waals surface area contributed by atoms with Crippen molar-refractivity contribution in [2.75, 3.05) is 41.0 Å². The Bertz CT molecular complexity index is 434. The highest BCUT2D eigenvalue weighted by Gasteiger charge is 2.24. The summed E-state index contributed by atoms with van der Waals surface area (Å²) >= 11 is 0. The third kappa shape index (κ3) is 3.60. The van der Waals surface area contributed by atoms with Crippen molar-refractivity contribution in [1.29, 1.82) is 0 Å². The summed E-state index contributed by atoms with van der Waals surface area (Å²) in [6.45, 7) is 6.16. The summed E-state index contributed by atoms with van der Waals surface area (Å²) in [7, 11) is 5.02. The van der Waals surface area contributed by atoms with E-state index in [1.807, 2.05) is 12.1 Å². The second kappa shape index (κ2) is 7.52. The van der Waals surface area contributed by atoms with E-state index < -0.39 is 0 Å². The smallest absolute Gasteiger partial charge is 0.130 e. The van der Waals surface area contributed by atoms with Gasteiger partial charge in [0, 0.05) is 31.3 Å². The number of rotatable bonds is 7. The number of likely N-dealkylation sites (N-methyl/N-ethyl adjacent to an activating group) is 1. The van der Waals surface area contributed by atoms with Crippen molar-refractivity contribution in [3.8, 4) is 17.2 Å². The average molecular weight is 294 g/mol. The molecule has 1 atom stereocenters. The van der Waals surface area contributed by atoms with Gasteiger partial charge in [0.25, 0.3) is 0 Å². The monoisotopic (exact) mass is 294 g/mol. The van der Waals surface area contributed by atoms with Gasteiger partial charge in [-0.3, -0.25) is 4.90 Å². The molecule has 1 N–H and O–H groups in total. The summed E-state index contributed by atoms with van der Waals surface area (Å²) in [6, 6.07) is 4.41. The lowest BCUT2D eigenvalue weighted by molar-refractivity contribution is 0.204. The molecular weight excluding hydrogens is 268 g/mol. The zero-order valence-corrected chi connectivity index (χ0v) is 13.4. The Kier molecular flexibility index (Phi) is 5.70. The normalized spacial score (nSPS) is 18.0. The Hall–Kier alpha value is -1.46. The van der Waals surface area contributed by atoms with Crippen LogP contribution in [-0.2, 0) is 6.54 Å². The molecule has 0 saturated carbocycles. The number of hydrogen-bond acceptors (Lipinski definition) is 5. The molecule has 118 valence electrons. The van der Waals surface area contributed by atoms with E-state index in [1.54, 1.807) is 21.3 Å². The highest BCUT2D eigenvalue weighted by atomic mass is 16.5. The predicted octanol–water partition coefficient (Wildman–Crippen LogP) is 1.90. The zero-order chi connectivity index (χ0) is 15.2. The molecule has 0 aromatic heterocycles. The Morgan fingerprint density at radius 1 is 1.14 bits per heavy atom. The van der Waals surface area contributed by atoms with E-state index in [0.29, 0.717) is 6.04 Å². The zero-order valence-electron chi connectivity index (χ0n) is 13.4. The molecule has 1 aromatic carbocycles. The largest absolute Gasteiger partial charge is 0.496 e. The molecule has 0 aliphatic carbocycles. The highest BCUT2D eigenvalue weighted by molar-refractivity contribution is 5.50. The van der Waals surface area contributed by atoms with Crippen LogP contribution in [0.25, 0.3) is 0 Å². The number of hydrogen-bond donors (Lipinski definition) is 1. The van der Waals surface area contributed by atoms with Crippen LogP contribution in [0.5, 0.6) is 17.2 Å². The van der Waals surface area contributed by atoms with Crippen molar-refractivity contribution in [3.05, 3.63) is 17.7 Å². The first kappa shape index (κ1) is 15.9. The maximum absolute atomic E-state index is 5.54. The summed E-state index contributed by atoms with van der Waals surface area (Å²) in [5, 5.41) is 3.42. The minimum atomic E-state index is 0.575. The van der Waals surface area contributed by atoms with Gasteiger partial charge in [-0.05, 0) is 19.5 Å². The van der Waals surface area contributed by atoms with Crippen molar-refractivity contribution in [1.82, 2.24) is 10.2 Å². The first-order valence-corrected chi connectivity index (χ1v) is 7.47. The molecule has 0 amide bonds. The molecular formula is C16H26N2O3. The quantitative estimate of drug-likeness (QED) is 0.832. The SMILES string of the molecule is CCN(Cc1c(OC)cc(OC)cc1OC)C1CCNC1. The van der Waals surface area contributed by atoms with Crippen molar-refractivity contribution < 1.29 is 14.2 Å². The minimum absolute atomic E-state index is 0.575. The van der Waals surface area contributed by atoms with Crippen molar-refractivity contribution in [2.24, 2.45) is 0 Å². The number of ether oxygens (including phenoxy) is 3. The Balaban J connectivity index is 2.27. The molecule has 1 heterocycles. The fourth-order valence-electron chi connectivity index (χ4n) is 2.89. The van der Waals surface area contributed by atoms with Gasteiger partial charge in [-0.15, -0.1) is 0 Å². The molecule has 21 heavy (non-hydrogen) atoms. The number of benzene rings is 1. The Labute approximate surface area is 127 Å². The van der Waals surface area contributed by atoms with Crippen LogP contribution in [0.15, 0.2) is 12.1 Å². The van der Waals surface area contributed by atoms with Crippen LogP contribution in [0, 0.1) is 0 Å². The maximum Gasteiger partial charge on any atom is 0.130 e. The summed E-state index contributed by atoms with van der Waals surface area (Å²) in [5.74, 6) is 2.38. The number of nitrogens with zero attached hydrogens (tertiary/aromatic N) is 1. The summed E-state index contributed by atoms with van der Waals surface area (Å²) < 4.78 is 16.4. The van der Waals surface area contributed by atoms with Gasteiger partial charge >= 0.3 is 0 Å². The molecule has 0 bridgehead atoms. The van der Waals surface area contributed by atoms with E-state index in [2.05, 4.69) is 17.1 Å². The van der Waals surface area contributed by atoms with Crippen molar-refractivity contribution in [3.63, 3.8) is 0 Å². The van der Waals surface area contributed by atoms with Crippen LogP contribution in [0.1, 0.15) is 18.9 Å². The molecule has 1 fully saturated rings. The lowest BCUT2D eigenvalue weighted by Crippen LogP contribution is -2.36. The molecule has 5 nitrogen and oxygen atoms in total. The molecule has 2 rings (SSSR count). The van der Waals surface area contributed by atoms with Gasteiger partial charge < -0.3 is 19.5 Å². The van der Waals surface area contributed by atoms with E-state index >= 15 is 0 Å². The van der Waals surface area contributed by atoms with E-state index in [4.69, 9.17) is 14.2 Å². The second-order valence-electron chi connectivity index (χ2n) is 5.22. The fraction of sp³-hybridized carbons (Fsp3) is 0.625. The Morgan fingerprint density at radius 3 is 2.24 bits per heavy atom. The van der Waals surface area contributed by atoms with Gasteiger partial charge in [0.15, 0.2) is 0 Å². The van der Waals surface area contributed by atoms with E-state index in [0.717, 1.165) is 49.0 Å². The summed E-state index contributed by atoms with van der Waals surface area (Å²) in [5.41, 5.74) is 1.08. The highest BCUT2D eigenvalue weighted by Crippen LogP contribution is 2.35.